The maximum absolute atomic E-state index is 12.0. The van der Waals surface area contributed by atoms with Gasteiger partial charge < -0.3 is 20.1 Å². The molecule has 2 aromatic carbocycles. The van der Waals surface area contributed by atoms with E-state index in [1.807, 2.05) is 42.6 Å². The zero-order chi connectivity index (χ0) is 22.6. The number of aromatic nitrogens is 1. The van der Waals surface area contributed by atoms with Crippen LogP contribution in [0.2, 0.25) is 0 Å². The summed E-state index contributed by atoms with van der Waals surface area (Å²) in [6, 6.07) is 16.6. The van der Waals surface area contributed by atoms with Crippen molar-refractivity contribution in [2.75, 3.05) is 30.6 Å². The lowest BCUT2D eigenvalue weighted by molar-refractivity contribution is 0.112. The summed E-state index contributed by atoms with van der Waals surface area (Å²) < 4.78 is 35.0. The average Bonchev–Trinajstić information content (AvgIpc) is 3.32. The summed E-state index contributed by atoms with van der Waals surface area (Å²) in [5.74, 6) is 1.53. The molecule has 1 aliphatic rings. The fraction of sp³-hybridized carbons (Fsp3) is 0.292. The molecular weight excluding hydrogens is 426 g/mol. The summed E-state index contributed by atoms with van der Waals surface area (Å²) in [7, 11) is -1.65. The molecule has 0 radical (unpaired) electrons. The molecule has 7 nitrogen and oxygen atoms in total. The molecule has 0 saturated carbocycles. The molecule has 0 amide bonds. The van der Waals surface area contributed by atoms with Crippen molar-refractivity contribution in [2.45, 2.75) is 30.4 Å². The number of ether oxygens (including phenoxy) is 2. The molecule has 3 aromatic rings. The lowest BCUT2D eigenvalue weighted by Gasteiger charge is -2.18. The van der Waals surface area contributed by atoms with Crippen molar-refractivity contribution in [2.24, 2.45) is 0 Å². The van der Waals surface area contributed by atoms with Crippen LogP contribution in [0.15, 0.2) is 65.7 Å². The molecule has 1 fully saturated rings. The lowest BCUT2D eigenvalue weighted by Crippen LogP contribution is -2.07. The molecule has 1 unspecified atom stereocenters. The number of rotatable bonds is 8. The monoisotopic (exact) mass is 453 g/mol. The molecule has 1 atom stereocenters. The van der Waals surface area contributed by atoms with E-state index < -0.39 is 9.84 Å². The Labute approximate surface area is 188 Å². The number of hydrogen-bond acceptors (Lipinski definition) is 7. The van der Waals surface area contributed by atoms with Crippen molar-refractivity contribution < 1.29 is 17.9 Å². The predicted octanol–water partition coefficient (Wildman–Crippen LogP) is 4.70. The van der Waals surface area contributed by atoms with Crippen molar-refractivity contribution in [3.05, 3.63) is 71.9 Å². The van der Waals surface area contributed by atoms with E-state index >= 15 is 0 Å². The molecule has 8 heteroatoms. The maximum atomic E-state index is 12.0. The molecule has 1 saturated heterocycles. The summed E-state index contributed by atoms with van der Waals surface area (Å²) in [5, 5.41) is 6.72. The Bertz CT molecular complexity index is 1170. The van der Waals surface area contributed by atoms with Crippen LogP contribution in [-0.2, 0) is 21.1 Å². The molecule has 1 aliphatic heterocycles. The number of pyridine rings is 1. The van der Waals surface area contributed by atoms with E-state index in [1.165, 1.54) is 6.26 Å². The molecule has 32 heavy (non-hydrogen) atoms. The fourth-order valence-corrected chi connectivity index (χ4v) is 4.31. The highest BCUT2D eigenvalue weighted by Gasteiger charge is 2.22. The normalized spacial score (nSPS) is 16.0. The summed E-state index contributed by atoms with van der Waals surface area (Å²) in [4.78, 5) is 4.85. The zero-order valence-electron chi connectivity index (χ0n) is 18.2. The van der Waals surface area contributed by atoms with Crippen molar-refractivity contribution in [1.82, 2.24) is 4.98 Å². The Hall–Kier alpha value is -3.10. The van der Waals surface area contributed by atoms with Crippen LogP contribution in [-0.4, -0.2) is 33.4 Å². The van der Waals surface area contributed by atoms with Crippen LogP contribution in [0.25, 0.3) is 0 Å². The Balaban J connectivity index is 1.58. The van der Waals surface area contributed by atoms with Crippen LogP contribution in [0.4, 0.5) is 17.2 Å². The van der Waals surface area contributed by atoms with E-state index in [1.54, 1.807) is 25.3 Å². The number of hydrogen-bond donors (Lipinski definition) is 2. The van der Waals surface area contributed by atoms with E-state index in [-0.39, 0.29) is 11.0 Å². The lowest BCUT2D eigenvalue weighted by atomic mass is 10.1. The SMILES string of the molecule is COc1ccc(CNc2cc(Nc3cccc(S(C)(=O)=O)c3)c(C3CCCO3)cn2)cc1. The third-order valence-electron chi connectivity index (χ3n) is 5.39. The number of methoxy groups -OCH3 is 1. The fourth-order valence-electron chi connectivity index (χ4n) is 3.65. The van der Waals surface area contributed by atoms with Gasteiger partial charge in [-0.2, -0.15) is 0 Å². The van der Waals surface area contributed by atoms with Crippen LogP contribution in [0.1, 0.15) is 30.1 Å². The Kier molecular flexibility index (Phi) is 6.62. The minimum atomic E-state index is -3.29. The van der Waals surface area contributed by atoms with Crippen LogP contribution in [0, 0.1) is 0 Å². The van der Waals surface area contributed by atoms with Gasteiger partial charge in [0.1, 0.15) is 11.6 Å². The van der Waals surface area contributed by atoms with Crippen LogP contribution >= 0.6 is 0 Å². The maximum Gasteiger partial charge on any atom is 0.175 e. The Morgan fingerprint density at radius 1 is 1.16 bits per heavy atom. The summed E-state index contributed by atoms with van der Waals surface area (Å²) in [6.45, 7) is 1.34. The molecule has 2 heterocycles. The third-order valence-corrected chi connectivity index (χ3v) is 6.50. The van der Waals surface area contributed by atoms with E-state index in [0.29, 0.717) is 18.1 Å². The van der Waals surface area contributed by atoms with Gasteiger partial charge in [-0.1, -0.05) is 18.2 Å². The second-order valence-corrected chi connectivity index (χ2v) is 9.80. The molecule has 0 spiro atoms. The quantitative estimate of drug-likeness (QED) is 0.511. The van der Waals surface area contributed by atoms with E-state index in [4.69, 9.17) is 9.47 Å². The first kappa shape index (κ1) is 22.1. The van der Waals surface area contributed by atoms with Gasteiger partial charge in [-0.25, -0.2) is 13.4 Å². The van der Waals surface area contributed by atoms with Gasteiger partial charge in [-0.3, -0.25) is 0 Å². The minimum absolute atomic E-state index is 0.0290. The minimum Gasteiger partial charge on any atom is -0.497 e. The third kappa shape index (κ3) is 5.38. The van der Waals surface area contributed by atoms with Gasteiger partial charge in [0.15, 0.2) is 9.84 Å². The summed E-state index contributed by atoms with van der Waals surface area (Å²) in [6.07, 6.45) is 4.94. The first-order valence-corrected chi connectivity index (χ1v) is 12.4. The number of anilines is 3. The second kappa shape index (κ2) is 9.58. The van der Waals surface area contributed by atoms with Gasteiger partial charge >= 0.3 is 0 Å². The smallest absolute Gasteiger partial charge is 0.175 e. The van der Waals surface area contributed by atoms with Crippen molar-refractivity contribution in [3.63, 3.8) is 0 Å². The molecule has 2 N–H and O–H groups in total. The van der Waals surface area contributed by atoms with Gasteiger partial charge in [-0.05, 0) is 48.7 Å². The first-order chi connectivity index (χ1) is 15.4. The molecule has 1 aromatic heterocycles. The topological polar surface area (TPSA) is 89.6 Å². The standard InChI is InChI=1S/C24H27N3O4S/c1-30-19-10-8-17(9-11-19)15-25-24-14-22(21(16-26-24)23-7-4-12-31-23)27-18-5-3-6-20(13-18)32(2,28)29/h3,5-6,8-11,13-14,16,23H,4,7,12,15H2,1-2H3,(H2,25,26,27). The van der Waals surface area contributed by atoms with E-state index in [0.717, 1.165) is 42.0 Å². The van der Waals surface area contributed by atoms with Crippen molar-refractivity contribution in [3.8, 4) is 5.75 Å². The summed E-state index contributed by atoms with van der Waals surface area (Å²) in [5.41, 5.74) is 3.60. The van der Waals surface area contributed by atoms with Gasteiger partial charge in [0.05, 0.1) is 18.1 Å². The largest absolute Gasteiger partial charge is 0.497 e. The Morgan fingerprint density at radius 3 is 2.66 bits per heavy atom. The van der Waals surface area contributed by atoms with E-state index in [2.05, 4.69) is 15.6 Å². The molecule has 168 valence electrons. The average molecular weight is 454 g/mol. The van der Waals surface area contributed by atoms with Crippen molar-refractivity contribution >= 4 is 27.0 Å². The van der Waals surface area contributed by atoms with Gasteiger partial charge in [0, 0.05) is 48.6 Å². The Morgan fingerprint density at radius 2 is 1.97 bits per heavy atom. The zero-order valence-corrected chi connectivity index (χ0v) is 19.0. The van der Waals surface area contributed by atoms with Crippen LogP contribution < -0.4 is 15.4 Å². The van der Waals surface area contributed by atoms with Crippen LogP contribution in [0.3, 0.4) is 0 Å². The van der Waals surface area contributed by atoms with Gasteiger partial charge in [0.25, 0.3) is 0 Å². The number of sulfone groups is 1. The molecule has 4 rings (SSSR count). The molecular formula is C24H27N3O4S. The second-order valence-electron chi connectivity index (χ2n) is 7.79. The van der Waals surface area contributed by atoms with Gasteiger partial charge in [0.2, 0.25) is 0 Å². The first-order valence-electron chi connectivity index (χ1n) is 10.5. The summed E-state index contributed by atoms with van der Waals surface area (Å²) >= 11 is 0. The van der Waals surface area contributed by atoms with Gasteiger partial charge in [-0.15, -0.1) is 0 Å². The highest BCUT2D eigenvalue weighted by Crippen LogP contribution is 2.35. The number of nitrogens with one attached hydrogen (secondary N) is 2. The molecule has 0 aliphatic carbocycles. The predicted molar refractivity (Wildman–Crippen MR) is 125 cm³/mol. The van der Waals surface area contributed by atoms with Crippen molar-refractivity contribution in [1.29, 1.82) is 0 Å². The number of benzene rings is 2. The highest BCUT2D eigenvalue weighted by atomic mass is 32.2. The number of nitrogens with zero attached hydrogens (tertiary/aromatic N) is 1. The molecule has 0 bridgehead atoms. The van der Waals surface area contributed by atoms with Crippen LogP contribution in [0.5, 0.6) is 5.75 Å². The highest BCUT2D eigenvalue weighted by molar-refractivity contribution is 7.90. The van der Waals surface area contributed by atoms with E-state index in [9.17, 15) is 8.42 Å².